The molecule has 0 aromatic rings. The summed E-state index contributed by atoms with van der Waals surface area (Å²) in [5.74, 6) is -0.258. The van der Waals surface area contributed by atoms with Crippen LogP contribution >= 0.6 is 0 Å². The molecule has 0 aliphatic heterocycles. The van der Waals surface area contributed by atoms with E-state index in [0.717, 1.165) is 6.42 Å². The first-order valence-corrected chi connectivity index (χ1v) is 10.9. The second-order valence-electron chi connectivity index (χ2n) is 6.44. The Labute approximate surface area is 183 Å². The van der Waals surface area contributed by atoms with E-state index in [9.17, 15) is 4.79 Å². The third-order valence-corrected chi connectivity index (χ3v) is 3.38. The van der Waals surface area contributed by atoms with E-state index in [4.69, 9.17) is 35.4 Å². The Balaban J connectivity index is -0.000000229. The number of carbonyl (C=O) groups is 1. The molecule has 0 amide bonds. The molecule has 0 aliphatic rings. The van der Waals surface area contributed by atoms with Gasteiger partial charge in [0.1, 0.15) is 0 Å². The van der Waals surface area contributed by atoms with Gasteiger partial charge in [-0.15, -0.1) is 0 Å². The van der Waals surface area contributed by atoms with Gasteiger partial charge in [0.15, 0.2) is 0 Å². The van der Waals surface area contributed by atoms with E-state index in [0.29, 0.717) is 12.2 Å². The topological polar surface area (TPSA) is 148 Å². The average molecular weight is 441 g/mol. The van der Waals surface area contributed by atoms with Gasteiger partial charge in [0.2, 0.25) is 0 Å². The summed E-state index contributed by atoms with van der Waals surface area (Å²) in [6.07, 6.45) is 13.0. The minimum Gasteiger partial charge on any atom is -0.462 e. The molecule has 0 atom stereocenters. The van der Waals surface area contributed by atoms with Crippen LogP contribution in [0.5, 0.6) is 0 Å². The molecule has 6 N–H and O–H groups in total. The molecule has 184 valence electrons. The molecule has 0 unspecified atom stereocenters. The quantitative estimate of drug-likeness (QED) is 0.129. The summed E-state index contributed by atoms with van der Waals surface area (Å²) < 4.78 is 5.04. The van der Waals surface area contributed by atoms with Crippen LogP contribution in [0, 0.1) is 0 Å². The molecular weight excluding hydrogens is 392 g/mol. The van der Waals surface area contributed by atoms with Crippen molar-refractivity contribution < 1.29 is 40.2 Å². The van der Waals surface area contributed by atoms with E-state index in [-0.39, 0.29) is 45.6 Å². The van der Waals surface area contributed by atoms with Crippen LogP contribution in [0.4, 0.5) is 0 Å². The predicted octanol–water partition coefficient (Wildman–Crippen LogP) is 1.94. The second-order valence-corrected chi connectivity index (χ2v) is 6.44. The minimum absolute atomic E-state index is 0.125. The number of hydrogen-bond donors (Lipinski definition) is 6. The van der Waals surface area contributed by atoms with Crippen LogP contribution in [0.25, 0.3) is 0 Å². The second kappa shape index (κ2) is 38.6. The summed E-state index contributed by atoms with van der Waals surface area (Å²) >= 11 is 0. The van der Waals surface area contributed by atoms with Crippen molar-refractivity contribution in [2.45, 2.75) is 78.1 Å². The fraction of sp³-hybridized carbons (Fsp3) is 0.864. The molecule has 0 aromatic heterocycles. The van der Waals surface area contributed by atoms with Gasteiger partial charge in [-0.25, -0.2) is 4.79 Å². The lowest BCUT2D eigenvalue weighted by molar-refractivity contribution is -0.139. The number of ether oxygens (including phenoxy) is 1. The molecule has 8 heteroatoms. The molecule has 0 radical (unpaired) electrons. The monoisotopic (exact) mass is 440 g/mol. The van der Waals surface area contributed by atoms with Gasteiger partial charge in [-0.3, -0.25) is 0 Å². The molecular formula is C22H48O8. The van der Waals surface area contributed by atoms with Gasteiger partial charge in [-0.2, -0.15) is 0 Å². The standard InChI is InChI=1S/C16H30O2.3C2H6O2/c1-4-5-6-7-8-9-10-11-12-13-14-18-16(17)15(2)3;3*3-1-2-4/h2,4-14H2,1,3H3;3*3-4H,1-2H2. The van der Waals surface area contributed by atoms with Crippen LogP contribution in [-0.4, -0.2) is 82.9 Å². The molecule has 0 saturated carbocycles. The molecule has 0 spiro atoms. The van der Waals surface area contributed by atoms with Gasteiger partial charge in [-0.05, 0) is 13.3 Å². The number of hydrogen-bond acceptors (Lipinski definition) is 8. The first-order valence-electron chi connectivity index (χ1n) is 10.9. The zero-order valence-corrected chi connectivity index (χ0v) is 19.2. The number of esters is 1. The van der Waals surface area contributed by atoms with Gasteiger partial charge in [-0.1, -0.05) is 71.3 Å². The summed E-state index contributed by atoms with van der Waals surface area (Å²) in [6.45, 7) is 7.28. The lowest BCUT2D eigenvalue weighted by Crippen LogP contribution is -2.05. The maximum absolute atomic E-state index is 11.1. The summed E-state index contributed by atoms with van der Waals surface area (Å²) in [5, 5.41) is 45.8. The van der Waals surface area contributed by atoms with Gasteiger partial charge < -0.3 is 35.4 Å². The highest BCUT2D eigenvalue weighted by Gasteiger charge is 2.01. The van der Waals surface area contributed by atoms with E-state index in [2.05, 4.69) is 13.5 Å². The van der Waals surface area contributed by atoms with Gasteiger partial charge in [0.05, 0.1) is 46.2 Å². The van der Waals surface area contributed by atoms with Crippen molar-refractivity contribution in [3.63, 3.8) is 0 Å². The maximum atomic E-state index is 11.1. The van der Waals surface area contributed by atoms with Crippen molar-refractivity contribution >= 4 is 5.97 Å². The Bertz CT molecular complexity index is 296. The van der Waals surface area contributed by atoms with Gasteiger partial charge in [0.25, 0.3) is 0 Å². The molecule has 30 heavy (non-hydrogen) atoms. The Morgan fingerprint density at radius 3 is 1.20 bits per heavy atom. The van der Waals surface area contributed by atoms with Crippen molar-refractivity contribution in [2.24, 2.45) is 0 Å². The van der Waals surface area contributed by atoms with Crippen molar-refractivity contribution in [1.29, 1.82) is 0 Å². The molecule has 0 heterocycles. The first kappa shape index (κ1) is 36.3. The maximum Gasteiger partial charge on any atom is 0.333 e. The number of carbonyl (C=O) groups excluding carboxylic acids is 1. The fourth-order valence-electron chi connectivity index (χ4n) is 1.88. The fourth-order valence-corrected chi connectivity index (χ4v) is 1.88. The number of aliphatic hydroxyl groups excluding tert-OH is 6. The number of aliphatic hydroxyl groups is 6. The third kappa shape index (κ3) is 50.5. The number of rotatable bonds is 15. The SMILES string of the molecule is C=C(C)C(=O)OCCCCCCCCCCCC.OCCO.OCCO.OCCO. The highest BCUT2D eigenvalue weighted by Crippen LogP contribution is 2.10. The zero-order valence-electron chi connectivity index (χ0n) is 19.2. The van der Waals surface area contributed by atoms with Gasteiger partial charge >= 0.3 is 5.97 Å². The van der Waals surface area contributed by atoms with E-state index in [1.807, 2.05) is 0 Å². The van der Waals surface area contributed by atoms with Gasteiger partial charge in [0, 0.05) is 5.57 Å². The molecule has 0 aliphatic carbocycles. The van der Waals surface area contributed by atoms with E-state index >= 15 is 0 Å². The zero-order chi connectivity index (χ0) is 23.9. The average Bonchev–Trinajstić information content (AvgIpc) is 2.77. The Morgan fingerprint density at radius 1 is 0.633 bits per heavy atom. The van der Waals surface area contributed by atoms with Crippen molar-refractivity contribution in [1.82, 2.24) is 0 Å². The largest absolute Gasteiger partial charge is 0.462 e. The lowest BCUT2D eigenvalue weighted by atomic mass is 10.1. The Kier molecular flexibility index (Phi) is 46.7. The van der Waals surface area contributed by atoms with Crippen LogP contribution < -0.4 is 0 Å². The molecule has 0 aromatic carbocycles. The van der Waals surface area contributed by atoms with Crippen LogP contribution in [0.3, 0.4) is 0 Å². The molecule has 8 nitrogen and oxygen atoms in total. The summed E-state index contributed by atoms with van der Waals surface area (Å²) in [6, 6.07) is 0. The molecule has 0 fully saturated rings. The Morgan fingerprint density at radius 2 is 0.933 bits per heavy atom. The van der Waals surface area contributed by atoms with E-state index in [1.165, 1.54) is 57.8 Å². The number of unbranched alkanes of at least 4 members (excludes halogenated alkanes) is 9. The summed E-state index contributed by atoms with van der Waals surface area (Å²) in [5.41, 5.74) is 0.488. The van der Waals surface area contributed by atoms with Crippen LogP contribution in [-0.2, 0) is 9.53 Å². The van der Waals surface area contributed by atoms with Crippen LogP contribution in [0.2, 0.25) is 0 Å². The normalized spacial score (nSPS) is 9.20. The molecule has 0 bridgehead atoms. The lowest BCUT2D eigenvalue weighted by Gasteiger charge is -2.04. The van der Waals surface area contributed by atoms with Crippen LogP contribution in [0.15, 0.2) is 12.2 Å². The first-order chi connectivity index (χ1) is 14.4. The van der Waals surface area contributed by atoms with Crippen LogP contribution in [0.1, 0.15) is 78.1 Å². The van der Waals surface area contributed by atoms with Crippen molar-refractivity contribution in [3.8, 4) is 0 Å². The molecule has 0 rings (SSSR count). The predicted molar refractivity (Wildman–Crippen MR) is 120 cm³/mol. The Hall–Kier alpha value is -1.03. The summed E-state index contributed by atoms with van der Waals surface area (Å²) in [7, 11) is 0. The van der Waals surface area contributed by atoms with E-state index < -0.39 is 0 Å². The molecule has 0 saturated heterocycles. The van der Waals surface area contributed by atoms with Crippen molar-refractivity contribution in [2.75, 3.05) is 46.2 Å². The van der Waals surface area contributed by atoms with E-state index in [1.54, 1.807) is 6.92 Å². The third-order valence-electron chi connectivity index (χ3n) is 3.38. The minimum atomic E-state index is -0.258. The highest BCUT2D eigenvalue weighted by atomic mass is 16.5. The summed E-state index contributed by atoms with van der Waals surface area (Å²) in [4.78, 5) is 11.1. The smallest absolute Gasteiger partial charge is 0.333 e. The highest BCUT2D eigenvalue weighted by molar-refractivity contribution is 5.86. The van der Waals surface area contributed by atoms with Crippen molar-refractivity contribution in [3.05, 3.63) is 12.2 Å².